The summed E-state index contributed by atoms with van der Waals surface area (Å²) in [5.41, 5.74) is 0. The van der Waals surface area contributed by atoms with Gasteiger partial charge in [0, 0.05) is 4.90 Å². The van der Waals surface area contributed by atoms with Gasteiger partial charge in [-0.3, -0.25) is 9.00 Å². The van der Waals surface area contributed by atoms with E-state index in [2.05, 4.69) is 0 Å². The number of hydrogen-bond acceptors (Lipinski definition) is 2. The number of hydrogen-bond donors (Lipinski definition) is 1. The zero-order valence-electron chi connectivity index (χ0n) is 7.84. The van der Waals surface area contributed by atoms with Crippen LogP contribution in [-0.2, 0) is 15.6 Å². The molecule has 1 N–H and O–H groups in total. The zero-order valence-corrected chi connectivity index (χ0v) is 8.66. The Morgan fingerprint density at radius 2 is 2.00 bits per heavy atom. The molecule has 76 valence electrons. The van der Waals surface area contributed by atoms with E-state index in [9.17, 15) is 9.00 Å². The van der Waals surface area contributed by atoms with Crippen LogP contribution in [0.25, 0.3) is 0 Å². The molecular weight excluding hydrogens is 200 g/mol. The Morgan fingerprint density at radius 3 is 2.43 bits per heavy atom. The molecule has 0 aromatic heterocycles. The lowest BCUT2D eigenvalue weighted by Gasteiger charge is -2.08. The van der Waals surface area contributed by atoms with Crippen molar-refractivity contribution in [2.24, 2.45) is 0 Å². The van der Waals surface area contributed by atoms with E-state index >= 15 is 0 Å². The average Bonchev–Trinajstić information content (AvgIpc) is 2.19. The second-order valence-corrected chi connectivity index (χ2v) is 4.48. The summed E-state index contributed by atoms with van der Waals surface area (Å²) in [6.07, 6.45) is 0.372. The van der Waals surface area contributed by atoms with E-state index < -0.39 is 22.0 Å². The van der Waals surface area contributed by atoms with Gasteiger partial charge < -0.3 is 5.11 Å². The largest absolute Gasteiger partial charge is 0.480 e. The van der Waals surface area contributed by atoms with Crippen molar-refractivity contribution in [1.29, 1.82) is 0 Å². The molecule has 0 amide bonds. The van der Waals surface area contributed by atoms with E-state index in [0.29, 0.717) is 11.3 Å². The van der Waals surface area contributed by atoms with Gasteiger partial charge in [-0.25, -0.2) is 0 Å². The van der Waals surface area contributed by atoms with Crippen LogP contribution in [0.1, 0.15) is 13.3 Å². The van der Waals surface area contributed by atoms with Crippen molar-refractivity contribution in [3.05, 3.63) is 30.3 Å². The van der Waals surface area contributed by atoms with Crippen LogP contribution in [-0.4, -0.2) is 20.5 Å². The first kappa shape index (κ1) is 10.9. The maximum Gasteiger partial charge on any atom is 0.319 e. The molecule has 0 bridgehead atoms. The van der Waals surface area contributed by atoms with Crippen LogP contribution in [0.3, 0.4) is 0 Å². The molecule has 0 radical (unpaired) electrons. The summed E-state index contributed by atoms with van der Waals surface area (Å²) in [6.45, 7) is 1.72. The minimum absolute atomic E-state index is 0.372. The van der Waals surface area contributed by atoms with E-state index in [4.69, 9.17) is 5.11 Å². The van der Waals surface area contributed by atoms with E-state index in [1.165, 1.54) is 0 Å². The Hall–Kier alpha value is -1.16. The Morgan fingerprint density at radius 1 is 1.43 bits per heavy atom. The molecule has 2 atom stereocenters. The Bertz CT molecular complexity index is 334. The van der Waals surface area contributed by atoms with Crippen molar-refractivity contribution >= 4 is 16.8 Å². The number of carbonyl (C=O) groups is 1. The van der Waals surface area contributed by atoms with Gasteiger partial charge in [-0.1, -0.05) is 25.1 Å². The van der Waals surface area contributed by atoms with Crippen molar-refractivity contribution < 1.29 is 14.1 Å². The molecule has 0 heterocycles. The van der Waals surface area contributed by atoms with Crippen molar-refractivity contribution in [3.63, 3.8) is 0 Å². The lowest BCUT2D eigenvalue weighted by Crippen LogP contribution is -2.24. The lowest BCUT2D eigenvalue weighted by molar-refractivity contribution is -0.136. The summed E-state index contributed by atoms with van der Waals surface area (Å²) in [7, 11) is -1.45. The highest BCUT2D eigenvalue weighted by atomic mass is 32.2. The van der Waals surface area contributed by atoms with E-state index in [0.717, 1.165) is 0 Å². The Kier molecular flexibility index (Phi) is 3.83. The van der Waals surface area contributed by atoms with E-state index in [1.807, 2.05) is 6.07 Å². The van der Waals surface area contributed by atoms with Gasteiger partial charge in [0.05, 0.1) is 10.8 Å². The fourth-order valence-corrected chi connectivity index (χ4v) is 2.38. The van der Waals surface area contributed by atoms with Crippen LogP contribution < -0.4 is 0 Å². The molecule has 14 heavy (non-hydrogen) atoms. The minimum Gasteiger partial charge on any atom is -0.480 e. The molecule has 3 nitrogen and oxygen atoms in total. The van der Waals surface area contributed by atoms with E-state index in [-0.39, 0.29) is 0 Å². The van der Waals surface area contributed by atoms with Crippen LogP contribution in [0.15, 0.2) is 35.2 Å². The number of carboxylic acid groups (broad SMARTS) is 1. The first-order valence-electron chi connectivity index (χ1n) is 4.35. The Balaban J connectivity index is 2.89. The second kappa shape index (κ2) is 4.91. The third-order valence-corrected chi connectivity index (χ3v) is 3.67. The second-order valence-electron chi connectivity index (χ2n) is 2.85. The van der Waals surface area contributed by atoms with Crippen LogP contribution in [0.2, 0.25) is 0 Å². The average molecular weight is 212 g/mol. The van der Waals surface area contributed by atoms with Gasteiger partial charge in [0.2, 0.25) is 0 Å². The summed E-state index contributed by atoms with van der Waals surface area (Å²) >= 11 is 0. The first-order chi connectivity index (χ1) is 6.66. The molecular formula is C10H12O3S. The van der Waals surface area contributed by atoms with Crippen molar-refractivity contribution in [2.75, 3.05) is 0 Å². The predicted molar refractivity (Wildman–Crippen MR) is 54.6 cm³/mol. The number of aliphatic carboxylic acids is 1. The van der Waals surface area contributed by atoms with Crippen molar-refractivity contribution in [2.45, 2.75) is 23.5 Å². The summed E-state index contributed by atoms with van der Waals surface area (Å²) < 4.78 is 11.7. The molecule has 1 aromatic carbocycles. The maximum absolute atomic E-state index is 11.7. The SMILES string of the molecule is CCC(C(=O)O)S(=O)c1ccccc1. The molecule has 1 aromatic rings. The first-order valence-corrected chi connectivity index (χ1v) is 5.56. The maximum atomic E-state index is 11.7. The highest BCUT2D eigenvalue weighted by Crippen LogP contribution is 2.13. The molecule has 0 saturated carbocycles. The quantitative estimate of drug-likeness (QED) is 0.825. The Labute approximate surface area is 85.2 Å². The number of benzene rings is 1. The van der Waals surface area contributed by atoms with Gasteiger partial charge in [-0.05, 0) is 18.6 Å². The standard InChI is InChI=1S/C10H12O3S/c1-2-9(10(11)12)14(13)8-6-4-3-5-7-8/h3-7,9H,2H2,1H3,(H,11,12). The minimum atomic E-state index is -1.45. The molecule has 2 unspecified atom stereocenters. The number of rotatable bonds is 4. The zero-order chi connectivity index (χ0) is 10.6. The summed E-state index contributed by atoms with van der Waals surface area (Å²) in [5, 5.41) is 8.00. The normalized spacial score (nSPS) is 14.6. The van der Waals surface area contributed by atoms with Gasteiger partial charge in [-0.15, -0.1) is 0 Å². The van der Waals surface area contributed by atoms with Gasteiger partial charge in [0.25, 0.3) is 0 Å². The predicted octanol–water partition coefficient (Wildman–Crippen LogP) is 1.66. The van der Waals surface area contributed by atoms with Gasteiger partial charge in [0.15, 0.2) is 0 Å². The van der Waals surface area contributed by atoms with Gasteiger partial charge in [0.1, 0.15) is 5.25 Å². The monoisotopic (exact) mass is 212 g/mol. The van der Waals surface area contributed by atoms with Crippen molar-refractivity contribution in [3.8, 4) is 0 Å². The van der Waals surface area contributed by atoms with Crippen LogP contribution in [0, 0.1) is 0 Å². The fourth-order valence-electron chi connectivity index (χ4n) is 1.14. The molecule has 0 aliphatic heterocycles. The van der Waals surface area contributed by atoms with E-state index in [1.54, 1.807) is 31.2 Å². The summed E-state index contributed by atoms with van der Waals surface area (Å²) in [5.74, 6) is -1.00. The third-order valence-electron chi connectivity index (χ3n) is 1.88. The molecule has 0 aliphatic carbocycles. The summed E-state index contributed by atoms with van der Waals surface area (Å²) in [6, 6.07) is 8.68. The highest BCUT2D eigenvalue weighted by molar-refractivity contribution is 7.86. The number of carboxylic acids is 1. The smallest absolute Gasteiger partial charge is 0.319 e. The molecule has 4 heteroatoms. The third kappa shape index (κ3) is 2.42. The molecule has 1 rings (SSSR count). The van der Waals surface area contributed by atoms with Crippen LogP contribution in [0.4, 0.5) is 0 Å². The highest BCUT2D eigenvalue weighted by Gasteiger charge is 2.23. The molecule has 0 aliphatic rings. The van der Waals surface area contributed by atoms with Gasteiger partial charge in [-0.2, -0.15) is 0 Å². The topological polar surface area (TPSA) is 54.4 Å². The lowest BCUT2D eigenvalue weighted by atomic mass is 10.3. The fraction of sp³-hybridized carbons (Fsp3) is 0.300. The van der Waals surface area contributed by atoms with Crippen molar-refractivity contribution in [1.82, 2.24) is 0 Å². The summed E-state index contributed by atoms with van der Waals surface area (Å²) in [4.78, 5) is 11.3. The molecule has 0 fully saturated rings. The molecule has 0 saturated heterocycles. The van der Waals surface area contributed by atoms with Crippen LogP contribution in [0.5, 0.6) is 0 Å². The molecule has 0 spiro atoms. The van der Waals surface area contributed by atoms with Crippen LogP contribution >= 0.6 is 0 Å². The van der Waals surface area contributed by atoms with Gasteiger partial charge >= 0.3 is 5.97 Å².